The molecular weight excluding hydrogens is 262 g/mol. The lowest BCUT2D eigenvalue weighted by atomic mass is 9.98. The second kappa shape index (κ2) is 6.19. The standard InChI is InChI=1S/C18H21NO2/c1-3-19-12-14-4-6-16(13(2)10-14)15-5-7-17-18(11-15)21-9-8-20-17/h4-7,10-11,19H,3,8-9,12H2,1-2H3. The topological polar surface area (TPSA) is 30.5 Å². The van der Waals surface area contributed by atoms with Crippen molar-refractivity contribution in [3.8, 4) is 22.6 Å². The van der Waals surface area contributed by atoms with Crippen molar-refractivity contribution in [1.82, 2.24) is 5.32 Å². The van der Waals surface area contributed by atoms with Gasteiger partial charge in [-0.2, -0.15) is 0 Å². The lowest BCUT2D eigenvalue weighted by Gasteiger charge is -2.19. The molecule has 0 spiro atoms. The molecule has 21 heavy (non-hydrogen) atoms. The first kappa shape index (κ1) is 14.0. The predicted octanol–water partition coefficient (Wildman–Crippen LogP) is 3.54. The molecule has 110 valence electrons. The second-order valence-electron chi connectivity index (χ2n) is 5.29. The van der Waals surface area contributed by atoms with E-state index in [-0.39, 0.29) is 0 Å². The quantitative estimate of drug-likeness (QED) is 0.931. The van der Waals surface area contributed by atoms with Crippen LogP contribution in [0.3, 0.4) is 0 Å². The summed E-state index contributed by atoms with van der Waals surface area (Å²) in [5.41, 5.74) is 5.01. The number of fused-ring (bicyclic) bond motifs is 1. The van der Waals surface area contributed by atoms with Gasteiger partial charge in [-0.25, -0.2) is 0 Å². The van der Waals surface area contributed by atoms with Gasteiger partial charge < -0.3 is 14.8 Å². The highest BCUT2D eigenvalue weighted by Gasteiger charge is 2.13. The molecule has 3 rings (SSSR count). The molecule has 1 aliphatic rings. The van der Waals surface area contributed by atoms with Gasteiger partial charge in [0.2, 0.25) is 0 Å². The Labute approximate surface area is 125 Å². The predicted molar refractivity (Wildman–Crippen MR) is 85.0 cm³/mol. The van der Waals surface area contributed by atoms with E-state index in [0.29, 0.717) is 13.2 Å². The Morgan fingerprint density at radius 3 is 2.57 bits per heavy atom. The first-order chi connectivity index (χ1) is 10.3. The van der Waals surface area contributed by atoms with Crippen molar-refractivity contribution in [3.05, 3.63) is 47.5 Å². The second-order valence-corrected chi connectivity index (χ2v) is 5.29. The van der Waals surface area contributed by atoms with Gasteiger partial charge in [-0.15, -0.1) is 0 Å². The van der Waals surface area contributed by atoms with E-state index in [0.717, 1.165) is 24.6 Å². The molecule has 2 aromatic rings. The van der Waals surface area contributed by atoms with Crippen molar-refractivity contribution in [2.45, 2.75) is 20.4 Å². The summed E-state index contributed by atoms with van der Waals surface area (Å²) in [5, 5.41) is 3.36. The number of hydrogen-bond donors (Lipinski definition) is 1. The smallest absolute Gasteiger partial charge is 0.161 e. The highest BCUT2D eigenvalue weighted by Crippen LogP contribution is 2.35. The third-order valence-electron chi connectivity index (χ3n) is 3.72. The first-order valence-corrected chi connectivity index (χ1v) is 7.48. The molecule has 0 saturated heterocycles. The van der Waals surface area contributed by atoms with Crippen LogP contribution in [0.2, 0.25) is 0 Å². The van der Waals surface area contributed by atoms with Crippen molar-refractivity contribution in [2.75, 3.05) is 19.8 Å². The van der Waals surface area contributed by atoms with E-state index in [1.165, 1.54) is 22.3 Å². The maximum atomic E-state index is 5.67. The Morgan fingerprint density at radius 2 is 1.81 bits per heavy atom. The van der Waals surface area contributed by atoms with Gasteiger partial charge in [-0.3, -0.25) is 0 Å². The van der Waals surface area contributed by atoms with Gasteiger partial charge in [0, 0.05) is 6.54 Å². The molecule has 0 fully saturated rings. The van der Waals surface area contributed by atoms with Crippen molar-refractivity contribution < 1.29 is 9.47 Å². The number of benzene rings is 2. The molecule has 0 aromatic heterocycles. The summed E-state index contributed by atoms with van der Waals surface area (Å²) in [4.78, 5) is 0. The van der Waals surface area contributed by atoms with Gasteiger partial charge in [0.25, 0.3) is 0 Å². The van der Waals surface area contributed by atoms with Crippen LogP contribution < -0.4 is 14.8 Å². The Morgan fingerprint density at radius 1 is 1.00 bits per heavy atom. The minimum Gasteiger partial charge on any atom is -0.486 e. The van der Waals surface area contributed by atoms with Gasteiger partial charge >= 0.3 is 0 Å². The van der Waals surface area contributed by atoms with Gasteiger partial charge in [0.05, 0.1) is 0 Å². The molecule has 3 heteroatoms. The monoisotopic (exact) mass is 283 g/mol. The highest BCUT2D eigenvalue weighted by atomic mass is 16.6. The molecule has 0 bridgehead atoms. The fourth-order valence-electron chi connectivity index (χ4n) is 2.64. The van der Waals surface area contributed by atoms with Gasteiger partial charge in [-0.1, -0.05) is 31.2 Å². The molecular formula is C18H21NO2. The van der Waals surface area contributed by atoms with Crippen LogP contribution in [-0.4, -0.2) is 19.8 Å². The molecule has 0 saturated carbocycles. The lowest BCUT2D eigenvalue weighted by Crippen LogP contribution is -2.15. The molecule has 1 heterocycles. The SMILES string of the molecule is CCNCc1ccc(-c2ccc3c(c2)OCCO3)c(C)c1. The number of hydrogen-bond acceptors (Lipinski definition) is 3. The van der Waals surface area contributed by atoms with E-state index in [4.69, 9.17) is 9.47 Å². The van der Waals surface area contributed by atoms with Crippen LogP contribution in [-0.2, 0) is 6.54 Å². The van der Waals surface area contributed by atoms with Crippen LogP contribution in [0, 0.1) is 6.92 Å². The van der Waals surface area contributed by atoms with Gasteiger partial charge in [-0.05, 0) is 47.9 Å². The maximum Gasteiger partial charge on any atom is 0.161 e. The number of ether oxygens (including phenoxy) is 2. The third kappa shape index (κ3) is 3.03. The Balaban J connectivity index is 1.89. The van der Waals surface area contributed by atoms with Crippen molar-refractivity contribution in [3.63, 3.8) is 0 Å². The molecule has 0 radical (unpaired) electrons. The van der Waals surface area contributed by atoms with E-state index in [1.807, 2.05) is 6.07 Å². The summed E-state index contributed by atoms with van der Waals surface area (Å²) in [5.74, 6) is 1.68. The van der Waals surface area contributed by atoms with E-state index < -0.39 is 0 Å². The summed E-state index contributed by atoms with van der Waals surface area (Å²) in [6.07, 6.45) is 0. The van der Waals surface area contributed by atoms with Crippen LogP contribution >= 0.6 is 0 Å². The van der Waals surface area contributed by atoms with Crippen molar-refractivity contribution in [1.29, 1.82) is 0 Å². The normalized spacial score (nSPS) is 13.2. The summed E-state index contributed by atoms with van der Waals surface area (Å²) in [6.45, 7) is 7.43. The average Bonchev–Trinajstić information content (AvgIpc) is 2.52. The fourth-order valence-corrected chi connectivity index (χ4v) is 2.64. The summed E-state index contributed by atoms with van der Waals surface area (Å²) >= 11 is 0. The lowest BCUT2D eigenvalue weighted by molar-refractivity contribution is 0.171. The minimum absolute atomic E-state index is 0.622. The van der Waals surface area contributed by atoms with Gasteiger partial charge in [0.15, 0.2) is 11.5 Å². The Hall–Kier alpha value is -2.00. The molecule has 0 amide bonds. The van der Waals surface area contributed by atoms with E-state index in [2.05, 4.69) is 49.5 Å². The largest absolute Gasteiger partial charge is 0.486 e. The van der Waals surface area contributed by atoms with Crippen LogP contribution in [0.1, 0.15) is 18.1 Å². The minimum atomic E-state index is 0.622. The van der Waals surface area contributed by atoms with Crippen molar-refractivity contribution in [2.24, 2.45) is 0 Å². The maximum absolute atomic E-state index is 5.67. The first-order valence-electron chi connectivity index (χ1n) is 7.48. The Bertz CT molecular complexity index is 637. The number of nitrogens with one attached hydrogen (secondary N) is 1. The molecule has 0 atom stereocenters. The fraction of sp³-hybridized carbons (Fsp3) is 0.333. The molecule has 2 aromatic carbocycles. The van der Waals surface area contributed by atoms with E-state index >= 15 is 0 Å². The molecule has 0 aliphatic carbocycles. The number of aryl methyl sites for hydroxylation is 1. The zero-order chi connectivity index (χ0) is 14.7. The van der Waals surface area contributed by atoms with Crippen LogP contribution in [0.15, 0.2) is 36.4 Å². The summed E-state index contributed by atoms with van der Waals surface area (Å²) < 4.78 is 11.2. The van der Waals surface area contributed by atoms with E-state index in [9.17, 15) is 0 Å². The molecule has 3 nitrogen and oxygen atoms in total. The molecule has 1 N–H and O–H groups in total. The van der Waals surface area contributed by atoms with Crippen LogP contribution in [0.4, 0.5) is 0 Å². The van der Waals surface area contributed by atoms with Crippen LogP contribution in [0.5, 0.6) is 11.5 Å². The third-order valence-corrected chi connectivity index (χ3v) is 3.72. The average molecular weight is 283 g/mol. The van der Waals surface area contributed by atoms with E-state index in [1.54, 1.807) is 0 Å². The zero-order valence-corrected chi connectivity index (χ0v) is 12.6. The van der Waals surface area contributed by atoms with Gasteiger partial charge in [0.1, 0.15) is 13.2 Å². The Kier molecular flexibility index (Phi) is 4.11. The molecule has 1 aliphatic heterocycles. The summed E-state index contributed by atoms with van der Waals surface area (Å²) in [6, 6.07) is 12.8. The molecule has 0 unspecified atom stereocenters. The number of rotatable bonds is 4. The zero-order valence-electron chi connectivity index (χ0n) is 12.6. The summed E-state index contributed by atoms with van der Waals surface area (Å²) in [7, 11) is 0. The highest BCUT2D eigenvalue weighted by molar-refractivity contribution is 5.70. The van der Waals surface area contributed by atoms with Crippen molar-refractivity contribution >= 4 is 0 Å². The van der Waals surface area contributed by atoms with Crippen LogP contribution in [0.25, 0.3) is 11.1 Å².